The lowest BCUT2D eigenvalue weighted by Gasteiger charge is -2.13. The summed E-state index contributed by atoms with van der Waals surface area (Å²) in [5.41, 5.74) is 5.06. The average Bonchev–Trinajstić information content (AvgIpc) is 3.21. The molecule has 35 heavy (non-hydrogen) atoms. The molecule has 0 atom stereocenters. The van der Waals surface area contributed by atoms with Gasteiger partial charge in [0.25, 0.3) is 5.91 Å². The molecular weight excluding hydrogens is 483 g/mol. The molecule has 8 heteroatoms. The molecule has 4 rings (SSSR count). The monoisotopic (exact) mass is 510 g/mol. The Morgan fingerprint density at radius 2 is 1.74 bits per heavy atom. The van der Waals surface area contributed by atoms with Gasteiger partial charge in [-0.1, -0.05) is 54.1 Å². The molecule has 0 saturated heterocycles. The van der Waals surface area contributed by atoms with E-state index in [9.17, 15) is 4.79 Å². The fourth-order valence-corrected chi connectivity index (χ4v) is 3.79. The standard InChI is InChI=1S/C27H27ClN4O2.ClH/c1-19-14-25(27(33)30-24-11-8-20(9-12-24)16-29-2)31-32(19)17-22-15-23(28)10-13-26(22)34-18-21-6-4-3-5-7-21;/h3-15,29H,16-18H2,1-2H3,(H,30,33);1H. The average molecular weight is 511 g/mol. The molecule has 182 valence electrons. The quantitative estimate of drug-likeness (QED) is 0.295. The van der Waals surface area contributed by atoms with Gasteiger partial charge in [-0.15, -0.1) is 12.4 Å². The number of amides is 1. The van der Waals surface area contributed by atoms with E-state index in [-0.39, 0.29) is 18.3 Å². The van der Waals surface area contributed by atoms with Gasteiger partial charge in [-0.05, 0) is 61.5 Å². The van der Waals surface area contributed by atoms with Crippen LogP contribution in [0.2, 0.25) is 5.02 Å². The summed E-state index contributed by atoms with van der Waals surface area (Å²) in [5, 5.41) is 11.2. The van der Waals surface area contributed by atoms with E-state index in [0.29, 0.717) is 23.9 Å². The summed E-state index contributed by atoms with van der Waals surface area (Å²) in [7, 11) is 1.90. The van der Waals surface area contributed by atoms with Gasteiger partial charge in [0.05, 0.1) is 6.54 Å². The number of carbonyl (C=O) groups excluding carboxylic acids is 1. The van der Waals surface area contributed by atoms with Gasteiger partial charge in [0.2, 0.25) is 0 Å². The molecule has 1 heterocycles. The lowest BCUT2D eigenvalue weighted by molar-refractivity contribution is 0.102. The largest absolute Gasteiger partial charge is 0.489 e. The molecule has 4 aromatic rings. The molecule has 0 aliphatic rings. The van der Waals surface area contributed by atoms with Crippen LogP contribution in [0.5, 0.6) is 5.75 Å². The first-order chi connectivity index (χ1) is 16.5. The highest BCUT2D eigenvalue weighted by molar-refractivity contribution is 6.30. The van der Waals surface area contributed by atoms with Crippen LogP contribution in [-0.2, 0) is 19.7 Å². The SMILES string of the molecule is CNCc1ccc(NC(=O)c2cc(C)n(Cc3cc(Cl)ccc3OCc3ccccc3)n2)cc1.Cl. The van der Waals surface area contributed by atoms with Gasteiger partial charge >= 0.3 is 0 Å². The third-order valence-electron chi connectivity index (χ3n) is 5.39. The Balaban J connectivity index is 0.00000342. The zero-order valence-electron chi connectivity index (χ0n) is 19.6. The fourth-order valence-electron chi connectivity index (χ4n) is 3.60. The molecule has 1 amide bonds. The van der Waals surface area contributed by atoms with E-state index in [4.69, 9.17) is 16.3 Å². The van der Waals surface area contributed by atoms with E-state index < -0.39 is 0 Å². The number of hydrogen-bond acceptors (Lipinski definition) is 4. The predicted octanol–water partition coefficient (Wildman–Crippen LogP) is 5.87. The number of carbonyl (C=O) groups is 1. The maximum Gasteiger partial charge on any atom is 0.276 e. The van der Waals surface area contributed by atoms with Crippen molar-refractivity contribution in [1.29, 1.82) is 0 Å². The Morgan fingerprint density at radius 1 is 1.00 bits per heavy atom. The Bertz CT molecular complexity index is 1260. The molecule has 0 bridgehead atoms. The number of ether oxygens (including phenoxy) is 1. The first-order valence-corrected chi connectivity index (χ1v) is 11.4. The van der Waals surface area contributed by atoms with E-state index >= 15 is 0 Å². The zero-order chi connectivity index (χ0) is 23.9. The van der Waals surface area contributed by atoms with Crippen molar-refractivity contribution in [2.24, 2.45) is 0 Å². The summed E-state index contributed by atoms with van der Waals surface area (Å²) in [6.07, 6.45) is 0. The van der Waals surface area contributed by atoms with Crippen molar-refractivity contribution in [2.75, 3.05) is 12.4 Å². The van der Waals surface area contributed by atoms with E-state index in [2.05, 4.69) is 15.7 Å². The van der Waals surface area contributed by atoms with Crippen LogP contribution in [0, 0.1) is 6.92 Å². The lowest BCUT2D eigenvalue weighted by Crippen LogP contribution is -2.14. The maximum atomic E-state index is 12.8. The van der Waals surface area contributed by atoms with Gasteiger partial charge in [-0.25, -0.2) is 0 Å². The Kier molecular flexibility index (Phi) is 9.32. The minimum Gasteiger partial charge on any atom is -0.489 e. The third-order valence-corrected chi connectivity index (χ3v) is 5.62. The Morgan fingerprint density at radius 3 is 2.46 bits per heavy atom. The van der Waals surface area contributed by atoms with Crippen molar-refractivity contribution >= 4 is 35.6 Å². The molecule has 1 aromatic heterocycles. The number of anilines is 1. The van der Waals surface area contributed by atoms with E-state index in [1.807, 2.05) is 86.8 Å². The smallest absolute Gasteiger partial charge is 0.276 e. The topological polar surface area (TPSA) is 68.2 Å². The second kappa shape index (κ2) is 12.4. The lowest BCUT2D eigenvalue weighted by atomic mass is 10.2. The van der Waals surface area contributed by atoms with Gasteiger partial charge in [0.1, 0.15) is 12.4 Å². The molecule has 0 saturated carbocycles. The number of aromatic nitrogens is 2. The summed E-state index contributed by atoms with van der Waals surface area (Å²) in [6.45, 7) is 3.58. The maximum absolute atomic E-state index is 12.8. The van der Waals surface area contributed by atoms with Crippen molar-refractivity contribution in [3.05, 3.63) is 112 Å². The first-order valence-electron chi connectivity index (χ1n) is 11.1. The second-order valence-corrected chi connectivity index (χ2v) is 8.47. The number of benzene rings is 3. The van der Waals surface area contributed by atoms with Gasteiger partial charge < -0.3 is 15.4 Å². The predicted molar refractivity (Wildman–Crippen MR) is 143 cm³/mol. The first kappa shape index (κ1) is 26.3. The summed E-state index contributed by atoms with van der Waals surface area (Å²) in [6, 6.07) is 25.0. The van der Waals surface area contributed by atoms with E-state index in [0.717, 1.165) is 40.4 Å². The molecular formula is C27H28Cl2N4O2. The van der Waals surface area contributed by atoms with Crippen LogP contribution in [0.15, 0.2) is 78.9 Å². The van der Waals surface area contributed by atoms with Crippen molar-refractivity contribution in [3.8, 4) is 5.75 Å². The Hall–Kier alpha value is -3.32. The summed E-state index contributed by atoms with van der Waals surface area (Å²) >= 11 is 6.26. The minimum absolute atomic E-state index is 0. The number of halogens is 2. The van der Waals surface area contributed by atoms with Crippen molar-refractivity contribution in [1.82, 2.24) is 15.1 Å². The van der Waals surface area contributed by atoms with Gasteiger partial charge in [0, 0.05) is 28.5 Å². The molecule has 0 radical (unpaired) electrons. The normalized spacial score (nSPS) is 10.5. The second-order valence-electron chi connectivity index (χ2n) is 8.04. The van der Waals surface area contributed by atoms with Gasteiger partial charge in [-0.2, -0.15) is 5.10 Å². The molecule has 0 aliphatic carbocycles. The van der Waals surface area contributed by atoms with Crippen LogP contribution in [0.25, 0.3) is 0 Å². The summed E-state index contributed by atoms with van der Waals surface area (Å²) < 4.78 is 7.85. The van der Waals surface area contributed by atoms with Crippen LogP contribution in [0.4, 0.5) is 5.69 Å². The molecule has 0 aliphatic heterocycles. The molecule has 0 fully saturated rings. The molecule has 6 nitrogen and oxygen atoms in total. The van der Waals surface area contributed by atoms with Crippen LogP contribution >= 0.6 is 24.0 Å². The molecule has 0 unspecified atom stereocenters. The third kappa shape index (κ3) is 7.09. The molecule has 2 N–H and O–H groups in total. The summed E-state index contributed by atoms with van der Waals surface area (Å²) in [5.74, 6) is 0.477. The van der Waals surface area contributed by atoms with Crippen molar-refractivity contribution < 1.29 is 9.53 Å². The highest BCUT2D eigenvalue weighted by Crippen LogP contribution is 2.25. The number of rotatable bonds is 9. The van der Waals surface area contributed by atoms with E-state index in [1.54, 1.807) is 10.7 Å². The number of nitrogens with one attached hydrogen (secondary N) is 2. The highest BCUT2D eigenvalue weighted by Gasteiger charge is 2.15. The minimum atomic E-state index is -0.255. The van der Waals surface area contributed by atoms with Crippen LogP contribution < -0.4 is 15.4 Å². The van der Waals surface area contributed by atoms with Crippen molar-refractivity contribution in [2.45, 2.75) is 26.6 Å². The number of nitrogens with zero attached hydrogens (tertiary/aromatic N) is 2. The number of hydrogen-bond donors (Lipinski definition) is 2. The van der Waals surface area contributed by atoms with Crippen molar-refractivity contribution in [3.63, 3.8) is 0 Å². The van der Waals surface area contributed by atoms with Crippen LogP contribution in [0.3, 0.4) is 0 Å². The fraction of sp³-hybridized carbons (Fsp3) is 0.185. The summed E-state index contributed by atoms with van der Waals surface area (Å²) in [4.78, 5) is 12.8. The highest BCUT2D eigenvalue weighted by atomic mass is 35.5. The zero-order valence-corrected chi connectivity index (χ0v) is 21.2. The van der Waals surface area contributed by atoms with Gasteiger partial charge in [0.15, 0.2) is 5.69 Å². The van der Waals surface area contributed by atoms with E-state index in [1.165, 1.54) is 0 Å². The molecule has 3 aromatic carbocycles. The van der Waals surface area contributed by atoms with Gasteiger partial charge in [-0.3, -0.25) is 9.48 Å². The molecule has 0 spiro atoms. The van der Waals surface area contributed by atoms with Crippen LogP contribution in [-0.4, -0.2) is 22.7 Å². The number of aryl methyl sites for hydroxylation is 1. The Labute approximate surface area is 216 Å². The van der Waals surface area contributed by atoms with Crippen LogP contribution in [0.1, 0.15) is 32.9 Å².